The van der Waals surface area contributed by atoms with Crippen molar-refractivity contribution in [3.63, 3.8) is 0 Å². The van der Waals surface area contributed by atoms with Gasteiger partial charge in [0.05, 0.1) is 6.61 Å². The van der Waals surface area contributed by atoms with Crippen LogP contribution in [-0.4, -0.2) is 36.1 Å². The van der Waals surface area contributed by atoms with Crippen LogP contribution in [0.3, 0.4) is 0 Å². The summed E-state index contributed by atoms with van der Waals surface area (Å²) in [5, 5.41) is 0. The van der Waals surface area contributed by atoms with Crippen molar-refractivity contribution in [3.8, 4) is 0 Å². The summed E-state index contributed by atoms with van der Waals surface area (Å²) in [5.74, 6) is 0.00380. The molecule has 3 nitrogen and oxygen atoms in total. The topological polar surface area (TPSA) is 29.5 Å². The lowest BCUT2D eigenvalue weighted by atomic mass is 9.89. The van der Waals surface area contributed by atoms with Crippen molar-refractivity contribution in [1.82, 2.24) is 4.90 Å². The standard InChI is InChI=1S/C12H21NO2/c1-2-15-12(14)11-8-5-7-10-6-3-4-9-13(10)11/h10-11H,2-9H2,1H3. The zero-order chi connectivity index (χ0) is 10.7. The Bertz CT molecular complexity index is 228. The molecule has 2 fully saturated rings. The number of nitrogens with zero attached hydrogens (tertiary/aromatic N) is 1. The minimum absolute atomic E-state index is 0.00380. The van der Waals surface area contributed by atoms with Gasteiger partial charge in [-0.25, -0.2) is 0 Å². The first kappa shape index (κ1) is 10.9. The first-order chi connectivity index (χ1) is 7.33. The minimum atomic E-state index is 0.00380. The van der Waals surface area contributed by atoms with Crippen LogP contribution in [0.25, 0.3) is 0 Å². The lowest BCUT2D eigenvalue weighted by molar-refractivity contribution is -0.153. The fourth-order valence-electron chi connectivity index (χ4n) is 2.95. The molecule has 2 saturated heterocycles. The van der Waals surface area contributed by atoms with E-state index < -0.39 is 0 Å². The van der Waals surface area contributed by atoms with Crippen LogP contribution in [-0.2, 0) is 9.53 Å². The average molecular weight is 211 g/mol. The Morgan fingerprint density at radius 2 is 2.07 bits per heavy atom. The third-order valence-electron chi connectivity index (χ3n) is 3.65. The number of esters is 1. The second-order valence-corrected chi connectivity index (χ2v) is 4.59. The summed E-state index contributed by atoms with van der Waals surface area (Å²) >= 11 is 0. The maximum atomic E-state index is 11.8. The van der Waals surface area contributed by atoms with Crippen molar-refractivity contribution < 1.29 is 9.53 Å². The molecule has 2 rings (SSSR count). The molecule has 15 heavy (non-hydrogen) atoms. The first-order valence-corrected chi connectivity index (χ1v) is 6.25. The van der Waals surface area contributed by atoms with Gasteiger partial charge in [-0.15, -0.1) is 0 Å². The molecule has 2 unspecified atom stereocenters. The van der Waals surface area contributed by atoms with Crippen molar-refractivity contribution in [2.75, 3.05) is 13.2 Å². The predicted molar refractivity (Wildman–Crippen MR) is 58.6 cm³/mol. The molecule has 0 aromatic rings. The molecule has 0 aromatic carbocycles. The maximum absolute atomic E-state index is 11.8. The van der Waals surface area contributed by atoms with Crippen LogP contribution in [0.15, 0.2) is 0 Å². The summed E-state index contributed by atoms with van der Waals surface area (Å²) < 4.78 is 5.15. The Kier molecular flexibility index (Phi) is 3.62. The van der Waals surface area contributed by atoms with Crippen LogP contribution in [0.1, 0.15) is 45.4 Å². The Morgan fingerprint density at radius 3 is 2.87 bits per heavy atom. The van der Waals surface area contributed by atoms with Crippen molar-refractivity contribution in [2.45, 2.75) is 57.5 Å². The highest BCUT2D eigenvalue weighted by molar-refractivity contribution is 5.76. The van der Waals surface area contributed by atoms with E-state index in [1.165, 1.54) is 32.1 Å². The van der Waals surface area contributed by atoms with Gasteiger partial charge in [-0.2, -0.15) is 0 Å². The molecule has 86 valence electrons. The van der Waals surface area contributed by atoms with E-state index in [2.05, 4.69) is 4.90 Å². The van der Waals surface area contributed by atoms with Gasteiger partial charge in [-0.1, -0.05) is 6.42 Å². The van der Waals surface area contributed by atoms with E-state index in [4.69, 9.17) is 4.74 Å². The summed E-state index contributed by atoms with van der Waals surface area (Å²) in [5.41, 5.74) is 0. The number of piperidine rings is 2. The number of hydrogen-bond donors (Lipinski definition) is 0. The Hall–Kier alpha value is -0.570. The van der Waals surface area contributed by atoms with E-state index in [0.29, 0.717) is 12.6 Å². The van der Waals surface area contributed by atoms with E-state index in [-0.39, 0.29) is 12.0 Å². The number of ether oxygens (including phenoxy) is 1. The van der Waals surface area contributed by atoms with Crippen molar-refractivity contribution in [1.29, 1.82) is 0 Å². The molecule has 0 bridgehead atoms. The molecule has 2 aliphatic rings. The number of carbonyl (C=O) groups excluding carboxylic acids is 1. The molecule has 0 aliphatic carbocycles. The van der Waals surface area contributed by atoms with Gasteiger partial charge >= 0.3 is 5.97 Å². The SMILES string of the molecule is CCOC(=O)C1CCCC2CCCCN21. The van der Waals surface area contributed by atoms with Gasteiger partial charge in [0.1, 0.15) is 6.04 Å². The highest BCUT2D eigenvalue weighted by Crippen LogP contribution is 2.30. The molecule has 0 spiro atoms. The zero-order valence-electron chi connectivity index (χ0n) is 9.58. The van der Waals surface area contributed by atoms with Crippen LogP contribution >= 0.6 is 0 Å². The van der Waals surface area contributed by atoms with E-state index in [1.54, 1.807) is 0 Å². The van der Waals surface area contributed by atoms with Crippen LogP contribution < -0.4 is 0 Å². The normalized spacial score (nSPS) is 32.1. The van der Waals surface area contributed by atoms with Crippen LogP contribution in [0, 0.1) is 0 Å². The fourth-order valence-corrected chi connectivity index (χ4v) is 2.95. The fraction of sp³-hybridized carbons (Fsp3) is 0.917. The maximum Gasteiger partial charge on any atom is 0.323 e. The molecule has 0 radical (unpaired) electrons. The van der Waals surface area contributed by atoms with Gasteiger partial charge in [0.15, 0.2) is 0 Å². The smallest absolute Gasteiger partial charge is 0.323 e. The monoisotopic (exact) mass is 211 g/mol. The molecule has 2 atom stereocenters. The summed E-state index contributed by atoms with van der Waals surface area (Å²) in [6.45, 7) is 3.48. The van der Waals surface area contributed by atoms with E-state index in [9.17, 15) is 4.79 Å². The first-order valence-electron chi connectivity index (χ1n) is 6.25. The molecular formula is C12H21NO2. The van der Waals surface area contributed by atoms with Gasteiger partial charge < -0.3 is 4.74 Å². The van der Waals surface area contributed by atoms with Crippen molar-refractivity contribution in [3.05, 3.63) is 0 Å². The summed E-state index contributed by atoms with van der Waals surface area (Å²) in [6.07, 6.45) is 7.30. The lowest BCUT2D eigenvalue weighted by Gasteiger charge is -2.43. The summed E-state index contributed by atoms with van der Waals surface area (Å²) in [4.78, 5) is 14.2. The van der Waals surface area contributed by atoms with Gasteiger partial charge in [-0.05, 0) is 45.6 Å². The Labute approximate surface area is 91.8 Å². The van der Waals surface area contributed by atoms with Gasteiger partial charge in [0.25, 0.3) is 0 Å². The number of carbonyl (C=O) groups is 1. The largest absolute Gasteiger partial charge is 0.465 e. The Balaban J connectivity index is 2.00. The second-order valence-electron chi connectivity index (χ2n) is 4.59. The molecule has 0 saturated carbocycles. The second kappa shape index (κ2) is 4.97. The number of hydrogen-bond acceptors (Lipinski definition) is 3. The molecule has 0 aromatic heterocycles. The molecule has 3 heteroatoms. The third kappa shape index (κ3) is 2.33. The Morgan fingerprint density at radius 1 is 1.27 bits per heavy atom. The van der Waals surface area contributed by atoms with Gasteiger partial charge in [-0.3, -0.25) is 9.69 Å². The third-order valence-corrected chi connectivity index (χ3v) is 3.65. The molecule has 2 heterocycles. The summed E-state index contributed by atoms with van der Waals surface area (Å²) in [7, 11) is 0. The zero-order valence-corrected chi connectivity index (χ0v) is 9.58. The molecule has 2 aliphatic heterocycles. The quantitative estimate of drug-likeness (QED) is 0.654. The van der Waals surface area contributed by atoms with Crippen LogP contribution in [0.5, 0.6) is 0 Å². The van der Waals surface area contributed by atoms with Gasteiger partial charge in [0, 0.05) is 6.04 Å². The van der Waals surface area contributed by atoms with Gasteiger partial charge in [0.2, 0.25) is 0 Å². The van der Waals surface area contributed by atoms with E-state index in [1.807, 2.05) is 6.92 Å². The van der Waals surface area contributed by atoms with Crippen molar-refractivity contribution in [2.24, 2.45) is 0 Å². The number of rotatable bonds is 2. The number of fused-ring (bicyclic) bond motifs is 1. The molecule has 0 N–H and O–H groups in total. The van der Waals surface area contributed by atoms with Crippen LogP contribution in [0.2, 0.25) is 0 Å². The minimum Gasteiger partial charge on any atom is -0.465 e. The predicted octanol–water partition coefficient (Wildman–Crippen LogP) is 1.96. The van der Waals surface area contributed by atoms with Crippen LogP contribution in [0.4, 0.5) is 0 Å². The average Bonchev–Trinajstić information content (AvgIpc) is 2.28. The summed E-state index contributed by atoms with van der Waals surface area (Å²) in [6, 6.07) is 0.714. The molecular weight excluding hydrogens is 190 g/mol. The van der Waals surface area contributed by atoms with Crippen molar-refractivity contribution >= 4 is 5.97 Å². The highest BCUT2D eigenvalue weighted by Gasteiger charge is 2.36. The lowest BCUT2D eigenvalue weighted by Crippen LogP contribution is -2.52. The highest BCUT2D eigenvalue weighted by atomic mass is 16.5. The molecule has 0 amide bonds. The van der Waals surface area contributed by atoms with E-state index in [0.717, 1.165) is 13.0 Å². The van der Waals surface area contributed by atoms with E-state index >= 15 is 0 Å².